The van der Waals surface area contributed by atoms with E-state index in [1.165, 1.54) is 6.07 Å². The average molecular weight is 254 g/mol. The molecule has 0 aromatic heterocycles. The van der Waals surface area contributed by atoms with Crippen molar-refractivity contribution in [3.63, 3.8) is 0 Å². The quantitative estimate of drug-likeness (QED) is 0.452. The van der Waals surface area contributed by atoms with Gasteiger partial charge in [-0.25, -0.2) is 0 Å². The molecule has 96 valence electrons. The van der Waals surface area contributed by atoms with Crippen LogP contribution >= 0.6 is 0 Å². The maximum atomic E-state index is 11.0. The molecule has 0 atom stereocenters. The Balaban J connectivity index is 3.71. The smallest absolute Gasteiger partial charge is 0.423 e. The summed E-state index contributed by atoms with van der Waals surface area (Å²) in [4.78, 5) is 20.0. The van der Waals surface area contributed by atoms with Crippen LogP contribution in [0.2, 0.25) is 0 Å². The van der Waals surface area contributed by atoms with Crippen LogP contribution in [0.25, 0.3) is 0 Å². The predicted octanol–water partition coefficient (Wildman–Crippen LogP) is 0.306. The third-order valence-electron chi connectivity index (χ3n) is 2.48. The molecule has 0 aliphatic rings. The van der Waals surface area contributed by atoms with E-state index in [1.807, 2.05) is 0 Å². The normalized spacial score (nSPS) is 10.5. The van der Waals surface area contributed by atoms with E-state index in [-0.39, 0.29) is 11.5 Å². The number of nitro groups is 2. The molecule has 0 saturated carbocycles. The lowest BCUT2D eigenvalue weighted by Crippen LogP contribution is -2.32. The molecular formula is C9H11BN2O6. The van der Waals surface area contributed by atoms with Gasteiger partial charge in [0.1, 0.15) is 0 Å². The zero-order valence-corrected chi connectivity index (χ0v) is 9.73. The van der Waals surface area contributed by atoms with Crippen molar-refractivity contribution >= 4 is 24.0 Å². The van der Waals surface area contributed by atoms with E-state index in [9.17, 15) is 20.2 Å². The molecule has 0 amide bonds. The van der Waals surface area contributed by atoms with Gasteiger partial charge in [0.25, 0.3) is 0 Å². The van der Waals surface area contributed by atoms with Crippen molar-refractivity contribution in [3.05, 3.63) is 37.9 Å². The Labute approximate surface area is 102 Å². The number of hydrogen-bond donors (Lipinski definition) is 2. The molecule has 8 nitrogen and oxygen atoms in total. The van der Waals surface area contributed by atoms with Crippen LogP contribution < -0.4 is 5.46 Å². The van der Waals surface area contributed by atoms with Crippen molar-refractivity contribution in [2.45, 2.75) is 19.8 Å². The summed E-state index contributed by atoms with van der Waals surface area (Å²) in [5.74, 6) is -0.297. The molecule has 0 aliphatic carbocycles. The van der Waals surface area contributed by atoms with E-state index in [4.69, 9.17) is 10.0 Å². The van der Waals surface area contributed by atoms with E-state index in [2.05, 4.69) is 0 Å². The van der Waals surface area contributed by atoms with Gasteiger partial charge in [-0.1, -0.05) is 26.0 Å². The monoisotopic (exact) mass is 254 g/mol. The predicted molar refractivity (Wildman–Crippen MR) is 63.7 cm³/mol. The Hall–Kier alpha value is -2.00. The van der Waals surface area contributed by atoms with Crippen molar-refractivity contribution < 1.29 is 19.9 Å². The highest BCUT2D eigenvalue weighted by Gasteiger charge is 2.36. The zero-order chi connectivity index (χ0) is 14.0. The summed E-state index contributed by atoms with van der Waals surface area (Å²) >= 11 is 0. The molecular weight excluding hydrogens is 243 g/mol. The average Bonchev–Trinajstić information content (AvgIpc) is 2.26. The van der Waals surface area contributed by atoms with E-state index in [0.29, 0.717) is 0 Å². The fraction of sp³-hybridized carbons (Fsp3) is 0.333. The molecule has 1 aromatic rings. The van der Waals surface area contributed by atoms with Gasteiger partial charge in [-0.15, -0.1) is 0 Å². The standard InChI is InChI=1S/C9H11BN2O6/c1-5(2)6-3-4-7(10(13)14)9(12(17)18)8(6)11(15)16/h3-5,13-14H,1-2H3. The topological polar surface area (TPSA) is 127 Å². The van der Waals surface area contributed by atoms with Gasteiger partial charge in [0, 0.05) is 5.56 Å². The molecule has 2 N–H and O–H groups in total. The van der Waals surface area contributed by atoms with E-state index < -0.39 is 33.8 Å². The van der Waals surface area contributed by atoms with Crippen LogP contribution in [-0.2, 0) is 0 Å². The number of benzene rings is 1. The Morgan fingerprint density at radius 1 is 1.11 bits per heavy atom. The number of nitrogens with zero attached hydrogens (tertiary/aromatic N) is 2. The van der Waals surface area contributed by atoms with Gasteiger partial charge in [-0.3, -0.25) is 20.2 Å². The fourth-order valence-corrected chi connectivity index (χ4v) is 1.67. The molecule has 0 heterocycles. The Morgan fingerprint density at radius 2 is 1.61 bits per heavy atom. The Kier molecular flexibility index (Phi) is 3.99. The summed E-state index contributed by atoms with van der Waals surface area (Å²) in [6.45, 7) is 3.31. The second-order valence-corrected chi connectivity index (χ2v) is 3.98. The maximum Gasteiger partial charge on any atom is 0.495 e. The maximum absolute atomic E-state index is 11.0. The van der Waals surface area contributed by atoms with Crippen LogP contribution in [0, 0.1) is 20.2 Å². The van der Waals surface area contributed by atoms with Gasteiger partial charge < -0.3 is 10.0 Å². The number of hydrogen-bond acceptors (Lipinski definition) is 6. The van der Waals surface area contributed by atoms with Crippen molar-refractivity contribution in [2.24, 2.45) is 0 Å². The van der Waals surface area contributed by atoms with Gasteiger partial charge in [0.05, 0.1) is 15.3 Å². The molecule has 0 fully saturated rings. The van der Waals surface area contributed by atoms with Gasteiger partial charge in [0.2, 0.25) is 0 Å². The van der Waals surface area contributed by atoms with Crippen LogP contribution in [-0.4, -0.2) is 27.0 Å². The van der Waals surface area contributed by atoms with Crippen molar-refractivity contribution in [2.75, 3.05) is 0 Å². The van der Waals surface area contributed by atoms with Crippen LogP contribution in [0.4, 0.5) is 11.4 Å². The number of nitro benzene ring substituents is 2. The third-order valence-corrected chi connectivity index (χ3v) is 2.48. The zero-order valence-electron chi connectivity index (χ0n) is 9.73. The molecule has 18 heavy (non-hydrogen) atoms. The minimum Gasteiger partial charge on any atom is -0.423 e. The summed E-state index contributed by atoms with van der Waals surface area (Å²) in [5.41, 5.74) is -1.88. The summed E-state index contributed by atoms with van der Waals surface area (Å²) in [6.07, 6.45) is 0. The summed E-state index contributed by atoms with van der Waals surface area (Å²) < 4.78 is 0. The number of rotatable bonds is 4. The van der Waals surface area contributed by atoms with Gasteiger partial charge in [-0.05, 0) is 5.92 Å². The first-order chi connectivity index (χ1) is 8.27. The Bertz CT molecular complexity index is 457. The largest absolute Gasteiger partial charge is 0.495 e. The molecule has 0 saturated heterocycles. The minimum atomic E-state index is -2.13. The molecule has 0 bridgehead atoms. The second-order valence-electron chi connectivity index (χ2n) is 3.98. The molecule has 1 rings (SSSR count). The second kappa shape index (κ2) is 5.11. The summed E-state index contributed by atoms with van der Waals surface area (Å²) in [7, 11) is -2.13. The first kappa shape index (κ1) is 14.1. The van der Waals surface area contributed by atoms with Crippen LogP contribution in [0.15, 0.2) is 12.1 Å². The molecule has 1 aromatic carbocycles. The van der Waals surface area contributed by atoms with E-state index in [0.717, 1.165) is 6.07 Å². The van der Waals surface area contributed by atoms with Crippen LogP contribution in [0.1, 0.15) is 25.3 Å². The van der Waals surface area contributed by atoms with Gasteiger partial charge >= 0.3 is 18.5 Å². The minimum absolute atomic E-state index is 0.177. The first-order valence-electron chi connectivity index (χ1n) is 5.09. The SMILES string of the molecule is CC(C)c1ccc(B(O)O)c([N+](=O)[O-])c1[N+](=O)[O-]. The molecule has 0 unspecified atom stereocenters. The van der Waals surface area contributed by atoms with Gasteiger partial charge in [0.15, 0.2) is 0 Å². The highest BCUT2D eigenvalue weighted by atomic mass is 16.6. The van der Waals surface area contributed by atoms with Crippen molar-refractivity contribution in [1.29, 1.82) is 0 Å². The lowest BCUT2D eigenvalue weighted by Gasteiger charge is -2.09. The lowest BCUT2D eigenvalue weighted by molar-refractivity contribution is -0.422. The van der Waals surface area contributed by atoms with Crippen molar-refractivity contribution in [1.82, 2.24) is 0 Å². The molecule has 9 heteroatoms. The van der Waals surface area contributed by atoms with Crippen LogP contribution in [0.5, 0.6) is 0 Å². The lowest BCUT2D eigenvalue weighted by atomic mass is 9.77. The molecule has 0 aliphatic heterocycles. The highest BCUT2D eigenvalue weighted by Crippen LogP contribution is 2.33. The van der Waals surface area contributed by atoms with E-state index in [1.54, 1.807) is 13.8 Å². The molecule has 0 spiro atoms. The first-order valence-corrected chi connectivity index (χ1v) is 5.09. The van der Waals surface area contributed by atoms with E-state index >= 15 is 0 Å². The highest BCUT2D eigenvalue weighted by molar-refractivity contribution is 6.60. The molecule has 0 radical (unpaired) electrons. The summed E-state index contributed by atoms with van der Waals surface area (Å²) in [6, 6.07) is 2.41. The third kappa shape index (κ3) is 2.46. The summed E-state index contributed by atoms with van der Waals surface area (Å²) in [5, 5.41) is 39.9. The Morgan fingerprint density at radius 3 is 1.94 bits per heavy atom. The van der Waals surface area contributed by atoms with Crippen molar-refractivity contribution in [3.8, 4) is 0 Å². The van der Waals surface area contributed by atoms with Crippen LogP contribution in [0.3, 0.4) is 0 Å². The van der Waals surface area contributed by atoms with Gasteiger partial charge in [-0.2, -0.15) is 0 Å². The fourth-order valence-electron chi connectivity index (χ4n) is 1.67.